The van der Waals surface area contributed by atoms with Crippen LogP contribution in [0.25, 0.3) is 0 Å². The van der Waals surface area contributed by atoms with Gasteiger partial charge in [-0.3, -0.25) is 9.69 Å². The number of hydrogen-bond acceptors (Lipinski definition) is 3. The summed E-state index contributed by atoms with van der Waals surface area (Å²) in [4.78, 5) is 17.2. The molecule has 0 saturated carbocycles. The second kappa shape index (κ2) is 7.70. The zero-order valence-electron chi connectivity index (χ0n) is 15.4. The van der Waals surface area contributed by atoms with Crippen molar-refractivity contribution in [3.63, 3.8) is 0 Å². The van der Waals surface area contributed by atoms with Gasteiger partial charge in [0.1, 0.15) is 5.75 Å². The number of amides is 1. The maximum Gasteiger partial charge on any atom is 0.254 e. The van der Waals surface area contributed by atoms with Gasteiger partial charge in [0, 0.05) is 37.2 Å². The van der Waals surface area contributed by atoms with E-state index in [1.165, 1.54) is 17.2 Å². The number of carbonyl (C=O) groups excluding carboxylic acids is 1. The lowest BCUT2D eigenvalue weighted by atomic mass is 9.88. The van der Waals surface area contributed by atoms with E-state index in [0.717, 1.165) is 19.6 Å². The molecular formula is C21H24Cl2N2O2. The van der Waals surface area contributed by atoms with Gasteiger partial charge in [-0.15, -0.1) is 12.4 Å². The van der Waals surface area contributed by atoms with Crippen molar-refractivity contribution >= 4 is 29.9 Å². The fraction of sp³-hybridized carbons (Fsp3) is 0.381. The van der Waals surface area contributed by atoms with E-state index in [4.69, 9.17) is 11.6 Å². The molecule has 0 radical (unpaired) electrons. The molecule has 144 valence electrons. The first-order valence-corrected chi connectivity index (χ1v) is 9.37. The van der Waals surface area contributed by atoms with Crippen LogP contribution >= 0.6 is 24.0 Å². The molecule has 1 amide bonds. The van der Waals surface area contributed by atoms with Crippen LogP contribution in [0.15, 0.2) is 42.5 Å². The summed E-state index contributed by atoms with van der Waals surface area (Å²) >= 11 is 5.86. The molecule has 6 heteroatoms. The summed E-state index contributed by atoms with van der Waals surface area (Å²) in [5.41, 5.74) is 3.16. The molecule has 0 spiro atoms. The molecule has 2 fully saturated rings. The Kier molecular flexibility index (Phi) is 5.71. The van der Waals surface area contributed by atoms with Crippen molar-refractivity contribution in [2.75, 3.05) is 26.7 Å². The van der Waals surface area contributed by atoms with E-state index in [1.807, 2.05) is 4.90 Å². The first-order chi connectivity index (χ1) is 12.5. The number of halogens is 2. The zero-order valence-corrected chi connectivity index (χ0v) is 17.0. The van der Waals surface area contributed by atoms with Crippen molar-refractivity contribution in [1.29, 1.82) is 0 Å². The Labute approximate surface area is 171 Å². The molecule has 0 aromatic heterocycles. The summed E-state index contributed by atoms with van der Waals surface area (Å²) in [6, 6.07) is 13.6. The molecule has 3 atom stereocenters. The van der Waals surface area contributed by atoms with Crippen LogP contribution in [0.3, 0.4) is 0 Å². The number of aryl methyl sites for hydroxylation is 1. The fourth-order valence-corrected chi connectivity index (χ4v) is 4.76. The molecule has 4 rings (SSSR count). The van der Waals surface area contributed by atoms with E-state index in [0.29, 0.717) is 23.4 Å². The summed E-state index contributed by atoms with van der Waals surface area (Å²) in [5, 5.41) is 10.1. The molecule has 27 heavy (non-hydrogen) atoms. The molecule has 2 heterocycles. The largest absolute Gasteiger partial charge is 0.506 e. The second-order valence-electron chi connectivity index (χ2n) is 7.54. The van der Waals surface area contributed by atoms with Gasteiger partial charge in [-0.2, -0.15) is 0 Å². The van der Waals surface area contributed by atoms with E-state index in [-0.39, 0.29) is 29.1 Å². The van der Waals surface area contributed by atoms with E-state index in [9.17, 15) is 9.90 Å². The SMILES string of the molecule is Cc1ccccc1[C@@H]1[C@@H]2CN(C(=O)c3ccc(Cl)c(O)c3)C[C@@H]2CN1C.Cl. The van der Waals surface area contributed by atoms with Crippen LogP contribution in [-0.2, 0) is 0 Å². The lowest BCUT2D eigenvalue weighted by molar-refractivity contribution is 0.0767. The minimum Gasteiger partial charge on any atom is -0.506 e. The number of hydrogen-bond donors (Lipinski definition) is 1. The summed E-state index contributed by atoms with van der Waals surface area (Å²) in [6.07, 6.45) is 0. The number of aromatic hydroxyl groups is 1. The summed E-state index contributed by atoms with van der Waals surface area (Å²) in [5.74, 6) is 0.840. The number of nitrogens with zero attached hydrogens (tertiary/aromatic N) is 2. The van der Waals surface area contributed by atoms with E-state index >= 15 is 0 Å². The normalized spacial score (nSPS) is 24.6. The number of carbonyl (C=O) groups is 1. The van der Waals surface area contributed by atoms with Crippen molar-refractivity contribution < 1.29 is 9.90 Å². The predicted molar refractivity (Wildman–Crippen MR) is 110 cm³/mol. The van der Waals surface area contributed by atoms with Crippen LogP contribution < -0.4 is 0 Å². The Hall–Kier alpha value is -1.75. The van der Waals surface area contributed by atoms with Crippen LogP contribution in [0.2, 0.25) is 5.02 Å². The third-order valence-electron chi connectivity index (χ3n) is 5.88. The molecule has 2 aromatic rings. The van der Waals surface area contributed by atoms with Gasteiger partial charge in [0.25, 0.3) is 5.91 Å². The van der Waals surface area contributed by atoms with Gasteiger partial charge in [-0.25, -0.2) is 0 Å². The van der Waals surface area contributed by atoms with E-state index < -0.39 is 0 Å². The maximum atomic E-state index is 12.9. The fourth-order valence-electron chi connectivity index (χ4n) is 4.64. The average molecular weight is 407 g/mol. The third kappa shape index (κ3) is 3.54. The zero-order chi connectivity index (χ0) is 18.4. The highest BCUT2D eigenvalue weighted by Crippen LogP contribution is 2.45. The van der Waals surface area contributed by atoms with Crippen LogP contribution in [0.4, 0.5) is 0 Å². The summed E-state index contributed by atoms with van der Waals surface area (Å²) in [7, 11) is 2.18. The highest BCUT2D eigenvalue weighted by Gasteiger charge is 2.47. The molecule has 0 bridgehead atoms. The molecule has 2 aliphatic rings. The van der Waals surface area contributed by atoms with Crippen LogP contribution in [0.5, 0.6) is 5.75 Å². The lowest BCUT2D eigenvalue weighted by Crippen LogP contribution is -2.33. The first kappa shape index (κ1) is 20.0. The second-order valence-corrected chi connectivity index (χ2v) is 7.95. The van der Waals surface area contributed by atoms with Crippen LogP contribution in [-0.4, -0.2) is 47.5 Å². The number of rotatable bonds is 2. The molecule has 0 aliphatic carbocycles. The van der Waals surface area contributed by atoms with Crippen molar-refractivity contribution in [1.82, 2.24) is 9.80 Å². The Balaban J connectivity index is 0.00000210. The molecule has 0 unspecified atom stereocenters. The summed E-state index contributed by atoms with van der Waals surface area (Å²) in [6.45, 7) is 4.67. The minimum absolute atomic E-state index is 0. The summed E-state index contributed by atoms with van der Waals surface area (Å²) < 4.78 is 0. The molecule has 2 aromatic carbocycles. The molecule has 2 saturated heterocycles. The number of phenols is 1. The van der Waals surface area contributed by atoms with Gasteiger partial charge in [-0.1, -0.05) is 35.9 Å². The Morgan fingerprint density at radius 1 is 1.15 bits per heavy atom. The molecular weight excluding hydrogens is 383 g/mol. The highest BCUT2D eigenvalue weighted by molar-refractivity contribution is 6.32. The average Bonchev–Trinajstić information content (AvgIpc) is 3.14. The number of phenolic OH excluding ortho intramolecular Hbond substituents is 1. The van der Waals surface area contributed by atoms with Gasteiger partial charge in [0.05, 0.1) is 5.02 Å². The van der Waals surface area contributed by atoms with Gasteiger partial charge in [0.15, 0.2) is 0 Å². The van der Waals surface area contributed by atoms with Crippen molar-refractivity contribution in [2.24, 2.45) is 11.8 Å². The predicted octanol–water partition coefficient (Wildman–Crippen LogP) is 4.15. The lowest BCUT2D eigenvalue weighted by Gasteiger charge is -2.28. The number of benzene rings is 2. The van der Waals surface area contributed by atoms with E-state index in [2.05, 4.69) is 43.1 Å². The molecule has 1 N–H and O–H groups in total. The Bertz CT molecular complexity index is 858. The van der Waals surface area contributed by atoms with Crippen molar-refractivity contribution in [2.45, 2.75) is 13.0 Å². The van der Waals surface area contributed by atoms with Crippen molar-refractivity contribution in [3.05, 3.63) is 64.2 Å². The van der Waals surface area contributed by atoms with Gasteiger partial charge in [-0.05, 0) is 49.2 Å². The minimum atomic E-state index is -0.0468. The number of likely N-dealkylation sites (tertiary alicyclic amines) is 2. The highest BCUT2D eigenvalue weighted by atomic mass is 35.5. The Morgan fingerprint density at radius 2 is 1.89 bits per heavy atom. The molecule has 4 nitrogen and oxygen atoms in total. The van der Waals surface area contributed by atoms with Crippen molar-refractivity contribution in [3.8, 4) is 5.75 Å². The topological polar surface area (TPSA) is 43.8 Å². The first-order valence-electron chi connectivity index (χ1n) is 8.99. The molecule has 2 aliphatic heterocycles. The third-order valence-corrected chi connectivity index (χ3v) is 6.20. The van der Waals surface area contributed by atoms with E-state index in [1.54, 1.807) is 12.1 Å². The van der Waals surface area contributed by atoms with Crippen LogP contribution in [0, 0.1) is 18.8 Å². The van der Waals surface area contributed by atoms with Gasteiger partial charge >= 0.3 is 0 Å². The standard InChI is InChI=1S/C21H23ClN2O2.ClH/c1-13-5-3-4-6-16(13)20-17-12-24(11-15(17)10-23(20)2)21(26)14-7-8-18(22)19(25)9-14;/h3-9,15,17,20,25H,10-12H2,1-2H3;1H/t15-,17+,20+;/m0./s1. The van der Waals surface area contributed by atoms with Gasteiger partial charge < -0.3 is 10.0 Å². The van der Waals surface area contributed by atoms with Gasteiger partial charge in [0.2, 0.25) is 0 Å². The van der Waals surface area contributed by atoms with Crippen LogP contribution in [0.1, 0.15) is 27.5 Å². The maximum absolute atomic E-state index is 12.9. The Morgan fingerprint density at radius 3 is 2.59 bits per heavy atom. The quantitative estimate of drug-likeness (QED) is 0.814. The number of fused-ring (bicyclic) bond motifs is 1. The smallest absolute Gasteiger partial charge is 0.254 e. The monoisotopic (exact) mass is 406 g/mol.